The second kappa shape index (κ2) is 8.93. The molecule has 0 saturated carbocycles. The molecule has 0 aliphatic carbocycles. The third-order valence-electron chi connectivity index (χ3n) is 5.29. The standard InChI is InChI=1S/C23H20ClFN4O3S/c1-3-29(2)33(31,32)28-20-6-4-5-17(21(20)25)22(30)19-13-27-23-18(19)11-15(12-26-23)14-7-9-16(24)10-8-14/h4-13,28H,3H2,1-2H3,(H,26,27). The van der Waals surface area contributed by atoms with Crippen molar-refractivity contribution in [3.63, 3.8) is 0 Å². The molecule has 0 radical (unpaired) electrons. The summed E-state index contributed by atoms with van der Waals surface area (Å²) in [7, 11) is -2.58. The number of aromatic nitrogens is 2. The van der Waals surface area contributed by atoms with Gasteiger partial charge in [0.15, 0.2) is 11.6 Å². The van der Waals surface area contributed by atoms with E-state index in [9.17, 15) is 13.2 Å². The molecule has 2 heterocycles. The summed E-state index contributed by atoms with van der Waals surface area (Å²) >= 11 is 5.96. The Kier molecular flexibility index (Phi) is 6.20. The van der Waals surface area contributed by atoms with E-state index in [4.69, 9.17) is 11.6 Å². The molecule has 2 aromatic heterocycles. The average Bonchev–Trinajstić information content (AvgIpc) is 3.23. The molecule has 2 N–H and O–H groups in total. The third kappa shape index (κ3) is 4.47. The lowest BCUT2D eigenvalue weighted by atomic mass is 10.0. The quantitative estimate of drug-likeness (QED) is 0.364. The number of hydrogen-bond donors (Lipinski definition) is 2. The topological polar surface area (TPSA) is 95.2 Å². The number of pyridine rings is 1. The Hall–Kier alpha value is -3.27. The number of nitrogens with one attached hydrogen (secondary N) is 2. The maximum atomic E-state index is 15.2. The van der Waals surface area contributed by atoms with Crippen LogP contribution in [0.15, 0.2) is 60.9 Å². The Morgan fingerprint density at radius 3 is 2.58 bits per heavy atom. The number of anilines is 1. The first kappa shape index (κ1) is 22.9. The molecule has 0 aliphatic rings. The Bertz CT molecular complexity index is 1450. The highest BCUT2D eigenvalue weighted by molar-refractivity contribution is 7.90. The lowest BCUT2D eigenvalue weighted by molar-refractivity contribution is 0.103. The molecule has 0 amide bonds. The Balaban J connectivity index is 1.73. The number of ketones is 1. The van der Waals surface area contributed by atoms with Gasteiger partial charge in [0.05, 0.1) is 11.3 Å². The number of carbonyl (C=O) groups is 1. The van der Waals surface area contributed by atoms with E-state index in [0.29, 0.717) is 16.1 Å². The third-order valence-corrected chi connectivity index (χ3v) is 7.10. The molecule has 0 aliphatic heterocycles. The number of hydrogen-bond acceptors (Lipinski definition) is 4. The zero-order valence-corrected chi connectivity index (χ0v) is 19.3. The van der Waals surface area contributed by atoms with Crippen LogP contribution in [0.25, 0.3) is 22.2 Å². The molecule has 7 nitrogen and oxygen atoms in total. The number of H-pyrrole nitrogens is 1. The van der Waals surface area contributed by atoms with Gasteiger partial charge in [-0.1, -0.05) is 36.7 Å². The first-order chi connectivity index (χ1) is 15.7. The van der Waals surface area contributed by atoms with Crippen molar-refractivity contribution < 1.29 is 17.6 Å². The van der Waals surface area contributed by atoms with Gasteiger partial charge >= 0.3 is 10.2 Å². The lowest BCUT2D eigenvalue weighted by Crippen LogP contribution is -2.32. The monoisotopic (exact) mass is 486 g/mol. The van der Waals surface area contributed by atoms with Crippen molar-refractivity contribution in [3.8, 4) is 11.1 Å². The summed E-state index contributed by atoms with van der Waals surface area (Å²) in [5, 5.41) is 1.12. The van der Waals surface area contributed by atoms with E-state index in [1.807, 2.05) is 12.1 Å². The fourth-order valence-electron chi connectivity index (χ4n) is 3.31. The van der Waals surface area contributed by atoms with Crippen LogP contribution < -0.4 is 4.72 Å². The van der Waals surface area contributed by atoms with Crippen LogP contribution in [-0.4, -0.2) is 42.1 Å². The van der Waals surface area contributed by atoms with Crippen molar-refractivity contribution in [1.82, 2.24) is 14.3 Å². The minimum absolute atomic E-state index is 0.202. The smallest absolute Gasteiger partial charge is 0.301 e. The molecule has 170 valence electrons. The van der Waals surface area contributed by atoms with Gasteiger partial charge in [0.25, 0.3) is 0 Å². The van der Waals surface area contributed by atoms with Crippen LogP contribution in [0.5, 0.6) is 0 Å². The molecule has 0 bridgehead atoms. The predicted octanol–water partition coefficient (Wildman–Crippen LogP) is 4.86. The molecule has 0 spiro atoms. The van der Waals surface area contributed by atoms with Crippen molar-refractivity contribution in [2.24, 2.45) is 0 Å². The second-order valence-corrected chi connectivity index (χ2v) is 9.56. The number of carbonyl (C=O) groups excluding carboxylic acids is 1. The molecule has 33 heavy (non-hydrogen) atoms. The summed E-state index contributed by atoms with van der Waals surface area (Å²) < 4.78 is 43.0. The van der Waals surface area contributed by atoms with Gasteiger partial charge in [0.1, 0.15) is 5.65 Å². The zero-order chi connectivity index (χ0) is 23.8. The zero-order valence-electron chi connectivity index (χ0n) is 17.8. The SMILES string of the molecule is CCN(C)S(=O)(=O)Nc1cccc(C(=O)c2c[nH]c3ncc(-c4ccc(Cl)cc4)cc23)c1F. The summed E-state index contributed by atoms with van der Waals surface area (Å²) in [5.41, 5.74) is 1.75. The highest BCUT2D eigenvalue weighted by Crippen LogP contribution is 2.29. The fraction of sp³-hybridized carbons (Fsp3) is 0.130. The van der Waals surface area contributed by atoms with Crippen LogP contribution in [0.3, 0.4) is 0 Å². The molecule has 0 fully saturated rings. The van der Waals surface area contributed by atoms with Gasteiger partial charge in [-0.15, -0.1) is 0 Å². The van der Waals surface area contributed by atoms with Crippen LogP contribution in [0.4, 0.5) is 10.1 Å². The molecule has 0 atom stereocenters. The fourth-order valence-corrected chi connectivity index (χ4v) is 4.37. The molecular formula is C23H20ClFN4O3S. The highest BCUT2D eigenvalue weighted by Gasteiger charge is 2.23. The van der Waals surface area contributed by atoms with Crippen molar-refractivity contribution >= 4 is 44.3 Å². The van der Waals surface area contributed by atoms with Crippen molar-refractivity contribution in [1.29, 1.82) is 0 Å². The molecule has 4 aromatic rings. The van der Waals surface area contributed by atoms with E-state index in [2.05, 4.69) is 14.7 Å². The summed E-state index contributed by atoms with van der Waals surface area (Å²) in [4.78, 5) is 20.5. The van der Waals surface area contributed by atoms with E-state index in [1.54, 1.807) is 31.3 Å². The van der Waals surface area contributed by atoms with Crippen LogP contribution in [0.1, 0.15) is 22.8 Å². The van der Waals surface area contributed by atoms with Gasteiger partial charge in [-0.2, -0.15) is 12.7 Å². The summed E-state index contributed by atoms with van der Waals surface area (Å²) in [6, 6.07) is 13.0. The summed E-state index contributed by atoms with van der Waals surface area (Å²) in [5.74, 6) is -1.55. The maximum absolute atomic E-state index is 15.2. The van der Waals surface area contributed by atoms with Crippen molar-refractivity contribution in [2.45, 2.75) is 6.92 Å². The first-order valence-corrected chi connectivity index (χ1v) is 11.8. The lowest BCUT2D eigenvalue weighted by Gasteiger charge is -2.17. The molecule has 0 saturated heterocycles. The van der Waals surface area contributed by atoms with Crippen LogP contribution in [0.2, 0.25) is 5.02 Å². The number of halogens is 2. The van der Waals surface area contributed by atoms with Crippen molar-refractivity contribution in [3.05, 3.63) is 82.9 Å². The second-order valence-electron chi connectivity index (χ2n) is 7.35. The Morgan fingerprint density at radius 1 is 1.15 bits per heavy atom. The first-order valence-electron chi connectivity index (χ1n) is 10.0. The number of benzene rings is 2. The van der Waals surface area contributed by atoms with E-state index in [1.165, 1.54) is 31.4 Å². The van der Waals surface area contributed by atoms with Crippen molar-refractivity contribution in [2.75, 3.05) is 18.3 Å². The van der Waals surface area contributed by atoms with E-state index < -0.39 is 21.8 Å². The van der Waals surface area contributed by atoms with Crippen LogP contribution in [-0.2, 0) is 10.2 Å². The number of aromatic amines is 1. The van der Waals surface area contributed by atoms with Gasteiger partial charge in [-0.25, -0.2) is 9.37 Å². The van der Waals surface area contributed by atoms with Crippen LogP contribution >= 0.6 is 11.6 Å². The Labute approximate surface area is 195 Å². The van der Waals surface area contributed by atoms with Gasteiger partial charge < -0.3 is 4.98 Å². The molecule has 4 rings (SSSR count). The Morgan fingerprint density at radius 2 is 1.88 bits per heavy atom. The normalized spacial score (nSPS) is 11.8. The van der Waals surface area contributed by atoms with E-state index >= 15 is 4.39 Å². The predicted molar refractivity (Wildman–Crippen MR) is 127 cm³/mol. The van der Waals surface area contributed by atoms with Gasteiger partial charge in [-0.3, -0.25) is 9.52 Å². The molecular weight excluding hydrogens is 467 g/mol. The molecule has 2 aromatic carbocycles. The largest absolute Gasteiger partial charge is 0.345 e. The van der Waals surface area contributed by atoms with Crippen LogP contribution in [0, 0.1) is 5.82 Å². The molecule has 10 heteroatoms. The number of fused-ring (bicyclic) bond motifs is 1. The van der Waals surface area contributed by atoms with E-state index in [-0.39, 0.29) is 23.4 Å². The minimum Gasteiger partial charge on any atom is -0.345 e. The summed E-state index contributed by atoms with van der Waals surface area (Å²) in [6.45, 7) is 1.85. The average molecular weight is 487 g/mol. The van der Waals surface area contributed by atoms with Gasteiger partial charge in [-0.05, 0) is 35.9 Å². The maximum Gasteiger partial charge on any atom is 0.301 e. The van der Waals surface area contributed by atoms with Gasteiger partial charge in [0, 0.05) is 47.5 Å². The minimum atomic E-state index is -3.95. The van der Waals surface area contributed by atoms with E-state index in [0.717, 1.165) is 15.4 Å². The highest BCUT2D eigenvalue weighted by atomic mass is 35.5. The number of rotatable bonds is 7. The molecule has 0 unspecified atom stereocenters. The summed E-state index contributed by atoms with van der Waals surface area (Å²) in [6.07, 6.45) is 3.13. The van der Waals surface area contributed by atoms with Gasteiger partial charge in [0.2, 0.25) is 0 Å². The number of nitrogens with zero attached hydrogens (tertiary/aromatic N) is 2.